The van der Waals surface area contributed by atoms with Crippen molar-refractivity contribution >= 4 is 38.9 Å². The number of sulfone groups is 1. The summed E-state index contributed by atoms with van der Waals surface area (Å²) in [6.45, 7) is -0.114. The van der Waals surface area contributed by atoms with Gasteiger partial charge in [-0.15, -0.1) is 0 Å². The van der Waals surface area contributed by atoms with Gasteiger partial charge in [0.1, 0.15) is 4.99 Å². The van der Waals surface area contributed by atoms with E-state index < -0.39 is 9.84 Å². The third-order valence-electron chi connectivity index (χ3n) is 3.24. The van der Waals surface area contributed by atoms with Crippen molar-refractivity contribution < 1.29 is 18.0 Å². The number of nitrogens with zero attached hydrogens (tertiary/aromatic N) is 1. The van der Waals surface area contributed by atoms with E-state index in [2.05, 4.69) is 0 Å². The van der Waals surface area contributed by atoms with Crippen molar-refractivity contribution in [1.82, 2.24) is 4.90 Å². The van der Waals surface area contributed by atoms with Gasteiger partial charge in [0.2, 0.25) is 11.8 Å². The summed E-state index contributed by atoms with van der Waals surface area (Å²) >= 11 is 4.80. The van der Waals surface area contributed by atoms with Gasteiger partial charge in [0.15, 0.2) is 9.84 Å². The lowest BCUT2D eigenvalue weighted by Crippen LogP contribution is -2.33. The fraction of sp³-hybridized carbons (Fsp3) is 0.308. The summed E-state index contributed by atoms with van der Waals surface area (Å²) in [4.78, 5) is 24.2. The molecule has 1 aliphatic heterocycles. The van der Waals surface area contributed by atoms with E-state index in [1.165, 1.54) is 24.3 Å². The van der Waals surface area contributed by atoms with Gasteiger partial charge >= 0.3 is 0 Å². The van der Waals surface area contributed by atoms with Gasteiger partial charge in [0, 0.05) is 24.9 Å². The third-order valence-corrected chi connectivity index (χ3v) is 5.18. The smallest absolute Gasteiger partial charge is 0.229 e. The number of carbonyl (C=O) groups is 2. The molecule has 1 aliphatic rings. The van der Waals surface area contributed by atoms with Crippen molar-refractivity contribution in [1.29, 1.82) is 0 Å². The van der Waals surface area contributed by atoms with Crippen molar-refractivity contribution in [2.24, 2.45) is 5.73 Å². The molecule has 0 aliphatic carbocycles. The summed E-state index contributed by atoms with van der Waals surface area (Å²) in [5.74, 6) is -0.935. The van der Waals surface area contributed by atoms with Crippen LogP contribution in [0.15, 0.2) is 29.2 Å². The molecule has 0 atom stereocenters. The number of hydrogen-bond donors (Lipinski definition) is 1. The van der Waals surface area contributed by atoms with E-state index >= 15 is 0 Å². The maximum absolute atomic E-state index is 12.2. The fourth-order valence-corrected chi connectivity index (χ4v) is 3.37. The van der Waals surface area contributed by atoms with Crippen molar-refractivity contribution in [3.05, 3.63) is 29.8 Å². The predicted molar refractivity (Wildman–Crippen MR) is 80.3 cm³/mol. The SMILES string of the molecule is NC(=S)c1ccc(S(=O)(=O)CCN2C(=O)CCC2=O)cc1. The maximum Gasteiger partial charge on any atom is 0.229 e. The summed E-state index contributed by atoms with van der Waals surface area (Å²) < 4.78 is 24.3. The van der Waals surface area contributed by atoms with E-state index in [0.717, 1.165) is 4.90 Å². The molecule has 0 aromatic heterocycles. The summed E-state index contributed by atoms with van der Waals surface area (Å²) in [5.41, 5.74) is 6.02. The van der Waals surface area contributed by atoms with E-state index in [-0.39, 0.29) is 46.8 Å². The minimum atomic E-state index is -3.57. The minimum Gasteiger partial charge on any atom is -0.389 e. The number of nitrogens with two attached hydrogens (primary N) is 1. The molecule has 21 heavy (non-hydrogen) atoms. The quantitative estimate of drug-likeness (QED) is 0.615. The first-order valence-corrected chi connectivity index (χ1v) is 8.33. The van der Waals surface area contributed by atoms with Gasteiger partial charge in [-0.25, -0.2) is 8.42 Å². The second kappa shape index (κ2) is 5.90. The second-order valence-corrected chi connectivity index (χ2v) is 7.20. The average molecular weight is 326 g/mol. The lowest BCUT2D eigenvalue weighted by atomic mass is 10.2. The topological polar surface area (TPSA) is 97.5 Å². The van der Waals surface area contributed by atoms with Gasteiger partial charge < -0.3 is 5.73 Å². The molecule has 2 N–H and O–H groups in total. The monoisotopic (exact) mass is 326 g/mol. The second-order valence-electron chi connectivity index (χ2n) is 4.65. The molecule has 1 heterocycles. The fourth-order valence-electron chi connectivity index (χ4n) is 2.03. The van der Waals surface area contributed by atoms with Crippen molar-refractivity contribution in [3.63, 3.8) is 0 Å². The summed E-state index contributed by atoms with van der Waals surface area (Å²) in [6, 6.07) is 5.89. The number of amides is 2. The number of likely N-dealkylation sites (tertiary alicyclic amines) is 1. The lowest BCUT2D eigenvalue weighted by Gasteiger charge is -2.13. The Morgan fingerprint density at radius 2 is 1.67 bits per heavy atom. The Balaban J connectivity index is 2.09. The Hall–Kier alpha value is -1.80. The van der Waals surface area contributed by atoms with Crippen molar-refractivity contribution in [2.45, 2.75) is 17.7 Å². The number of hydrogen-bond acceptors (Lipinski definition) is 5. The van der Waals surface area contributed by atoms with Gasteiger partial charge in [0.05, 0.1) is 10.6 Å². The number of imide groups is 1. The molecule has 1 fully saturated rings. The van der Waals surface area contributed by atoms with Crippen molar-refractivity contribution in [2.75, 3.05) is 12.3 Å². The first-order valence-electron chi connectivity index (χ1n) is 6.27. The number of thiocarbonyl (C=S) groups is 1. The standard InChI is InChI=1S/C13H14N2O4S2/c14-13(20)9-1-3-10(4-2-9)21(18,19)8-7-15-11(16)5-6-12(15)17/h1-4H,5-8H2,(H2,14,20). The van der Waals surface area contributed by atoms with Crippen LogP contribution in [0.4, 0.5) is 0 Å². The highest BCUT2D eigenvalue weighted by Crippen LogP contribution is 2.15. The Morgan fingerprint density at radius 3 is 2.14 bits per heavy atom. The molecule has 1 saturated heterocycles. The molecule has 0 bridgehead atoms. The van der Waals surface area contributed by atoms with Crippen LogP contribution in [-0.2, 0) is 19.4 Å². The molecule has 0 spiro atoms. The molecule has 0 saturated carbocycles. The van der Waals surface area contributed by atoms with Crippen LogP contribution in [0, 0.1) is 0 Å². The average Bonchev–Trinajstić information content (AvgIpc) is 2.76. The van der Waals surface area contributed by atoms with Crippen LogP contribution in [0.2, 0.25) is 0 Å². The van der Waals surface area contributed by atoms with Gasteiger partial charge in [0.25, 0.3) is 0 Å². The zero-order chi connectivity index (χ0) is 15.6. The van der Waals surface area contributed by atoms with E-state index in [1.807, 2.05) is 0 Å². The maximum atomic E-state index is 12.2. The molecular weight excluding hydrogens is 312 g/mol. The van der Waals surface area contributed by atoms with Crippen molar-refractivity contribution in [3.8, 4) is 0 Å². The summed E-state index contributed by atoms with van der Waals surface area (Å²) in [6.07, 6.45) is 0.309. The van der Waals surface area contributed by atoms with E-state index in [9.17, 15) is 18.0 Å². The van der Waals surface area contributed by atoms with Gasteiger partial charge in [-0.1, -0.05) is 24.4 Å². The molecule has 2 amide bonds. The molecule has 112 valence electrons. The van der Waals surface area contributed by atoms with Crippen LogP contribution in [0.3, 0.4) is 0 Å². The summed E-state index contributed by atoms with van der Waals surface area (Å²) in [7, 11) is -3.57. The zero-order valence-electron chi connectivity index (χ0n) is 11.1. The van der Waals surface area contributed by atoms with Gasteiger partial charge in [-0.05, 0) is 12.1 Å². The largest absolute Gasteiger partial charge is 0.389 e. The van der Waals surface area contributed by atoms with Gasteiger partial charge in [-0.2, -0.15) is 0 Å². The Morgan fingerprint density at radius 1 is 1.14 bits per heavy atom. The normalized spacial score (nSPS) is 15.5. The Kier molecular flexibility index (Phi) is 4.38. The van der Waals surface area contributed by atoms with E-state index in [1.54, 1.807) is 0 Å². The number of rotatable bonds is 5. The predicted octanol–water partition coefficient (Wildman–Crippen LogP) is 0.243. The zero-order valence-corrected chi connectivity index (χ0v) is 12.7. The minimum absolute atomic E-state index is 0.113. The van der Waals surface area contributed by atoms with Crippen LogP contribution in [-0.4, -0.2) is 42.4 Å². The van der Waals surface area contributed by atoms with E-state index in [4.69, 9.17) is 18.0 Å². The van der Waals surface area contributed by atoms with Crippen LogP contribution in [0.5, 0.6) is 0 Å². The summed E-state index contributed by atoms with van der Waals surface area (Å²) in [5, 5.41) is 0. The highest BCUT2D eigenvalue weighted by molar-refractivity contribution is 7.91. The number of carbonyl (C=O) groups excluding carboxylic acids is 2. The molecule has 2 rings (SSSR count). The van der Waals surface area contributed by atoms with Crippen LogP contribution < -0.4 is 5.73 Å². The molecule has 8 heteroatoms. The highest BCUT2D eigenvalue weighted by Gasteiger charge is 2.30. The molecule has 0 unspecified atom stereocenters. The molecule has 1 aromatic rings. The van der Waals surface area contributed by atoms with Crippen LogP contribution in [0.25, 0.3) is 0 Å². The molecule has 6 nitrogen and oxygen atoms in total. The molecule has 1 aromatic carbocycles. The number of benzene rings is 1. The first-order chi connectivity index (χ1) is 9.81. The molecular formula is C13H14N2O4S2. The van der Waals surface area contributed by atoms with Gasteiger partial charge in [-0.3, -0.25) is 14.5 Å². The Labute approximate surface area is 127 Å². The lowest BCUT2D eigenvalue weighted by molar-refractivity contribution is -0.137. The van der Waals surface area contributed by atoms with E-state index in [0.29, 0.717) is 5.56 Å². The highest BCUT2D eigenvalue weighted by atomic mass is 32.2. The van der Waals surface area contributed by atoms with Crippen LogP contribution in [0.1, 0.15) is 18.4 Å². The van der Waals surface area contributed by atoms with Crippen LogP contribution >= 0.6 is 12.2 Å². The Bertz CT molecular complexity index is 679. The first kappa shape index (κ1) is 15.6. The third kappa shape index (κ3) is 3.45. The molecule has 0 radical (unpaired) electrons.